The van der Waals surface area contributed by atoms with Crippen molar-refractivity contribution in [3.05, 3.63) is 0 Å². The zero-order valence-corrected chi connectivity index (χ0v) is 10.3. The van der Waals surface area contributed by atoms with Crippen LogP contribution in [0, 0.1) is 5.92 Å². The highest BCUT2D eigenvalue weighted by Gasteiger charge is 2.34. The van der Waals surface area contributed by atoms with Gasteiger partial charge in [-0.1, -0.05) is 0 Å². The van der Waals surface area contributed by atoms with Gasteiger partial charge in [0.2, 0.25) is 0 Å². The van der Waals surface area contributed by atoms with Gasteiger partial charge in [-0.15, -0.1) is 0 Å². The Labute approximate surface area is 98.1 Å². The average molecular weight is 228 g/mol. The smallest absolute Gasteiger partial charge is 0.106 e. The number of methoxy groups -OCH3 is 1. The molecule has 2 fully saturated rings. The van der Waals surface area contributed by atoms with Gasteiger partial charge >= 0.3 is 0 Å². The molecule has 0 radical (unpaired) electrons. The first-order valence-corrected chi connectivity index (χ1v) is 6.39. The zero-order chi connectivity index (χ0) is 11.3. The fourth-order valence-corrected chi connectivity index (χ4v) is 2.55. The van der Waals surface area contributed by atoms with Crippen molar-refractivity contribution in [1.29, 1.82) is 0 Å². The molecule has 2 rings (SSSR count). The van der Waals surface area contributed by atoms with Crippen LogP contribution in [0.1, 0.15) is 19.3 Å². The molecule has 0 aliphatic carbocycles. The van der Waals surface area contributed by atoms with Gasteiger partial charge in [0.15, 0.2) is 0 Å². The van der Waals surface area contributed by atoms with E-state index in [1.165, 1.54) is 25.9 Å². The van der Waals surface area contributed by atoms with Gasteiger partial charge in [-0.25, -0.2) is 0 Å². The molecule has 16 heavy (non-hydrogen) atoms. The van der Waals surface area contributed by atoms with E-state index in [4.69, 9.17) is 9.47 Å². The van der Waals surface area contributed by atoms with Crippen LogP contribution < -0.4 is 10.6 Å². The monoisotopic (exact) mass is 228 g/mol. The third-order valence-corrected chi connectivity index (χ3v) is 3.84. The predicted octanol–water partition coefficient (Wildman–Crippen LogP) is 0.381. The summed E-state index contributed by atoms with van der Waals surface area (Å²) in [5.41, 5.74) is -0.0626. The summed E-state index contributed by atoms with van der Waals surface area (Å²) in [5, 5.41) is 6.95. The van der Waals surface area contributed by atoms with Gasteiger partial charge in [-0.3, -0.25) is 0 Å². The van der Waals surface area contributed by atoms with Gasteiger partial charge in [-0.05, 0) is 38.4 Å². The van der Waals surface area contributed by atoms with Crippen LogP contribution in [0.15, 0.2) is 0 Å². The first-order chi connectivity index (χ1) is 7.85. The quantitative estimate of drug-likeness (QED) is 0.714. The third-order valence-electron chi connectivity index (χ3n) is 3.84. The van der Waals surface area contributed by atoms with Crippen molar-refractivity contribution in [1.82, 2.24) is 10.6 Å². The van der Waals surface area contributed by atoms with E-state index in [9.17, 15) is 0 Å². The second kappa shape index (κ2) is 5.96. The molecule has 2 N–H and O–H groups in total. The summed E-state index contributed by atoms with van der Waals surface area (Å²) in [7, 11) is 1.79. The Morgan fingerprint density at radius 2 is 2.25 bits per heavy atom. The molecule has 2 saturated heterocycles. The molecule has 94 valence electrons. The lowest BCUT2D eigenvalue weighted by molar-refractivity contribution is -0.0163. The van der Waals surface area contributed by atoms with E-state index in [-0.39, 0.29) is 5.60 Å². The van der Waals surface area contributed by atoms with Crippen LogP contribution in [0.5, 0.6) is 0 Å². The van der Waals surface area contributed by atoms with E-state index in [0.717, 1.165) is 38.6 Å². The lowest BCUT2D eigenvalue weighted by Crippen LogP contribution is -2.45. The minimum absolute atomic E-state index is 0.0626. The molecule has 0 aromatic heterocycles. The first-order valence-electron chi connectivity index (χ1n) is 6.39. The SMILES string of the molecule is COC1(CNCC2CCNCC2)CCOC1. The fourth-order valence-electron chi connectivity index (χ4n) is 2.55. The molecule has 2 heterocycles. The van der Waals surface area contributed by atoms with Gasteiger partial charge in [0.25, 0.3) is 0 Å². The van der Waals surface area contributed by atoms with Gasteiger partial charge in [0, 0.05) is 26.7 Å². The van der Waals surface area contributed by atoms with Crippen LogP contribution in [0.2, 0.25) is 0 Å². The Hall–Kier alpha value is -0.160. The number of nitrogens with one attached hydrogen (secondary N) is 2. The second-order valence-electron chi connectivity index (χ2n) is 5.01. The largest absolute Gasteiger partial charge is 0.378 e. The molecule has 0 bridgehead atoms. The lowest BCUT2D eigenvalue weighted by Gasteiger charge is -2.28. The Kier molecular flexibility index (Phi) is 4.58. The van der Waals surface area contributed by atoms with Crippen molar-refractivity contribution in [2.75, 3.05) is 46.5 Å². The minimum atomic E-state index is -0.0626. The van der Waals surface area contributed by atoms with Crippen molar-refractivity contribution in [2.45, 2.75) is 24.9 Å². The highest BCUT2D eigenvalue weighted by Crippen LogP contribution is 2.21. The zero-order valence-electron chi connectivity index (χ0n) is 10.3. The summed E-state index contributed by atoms with van der Waals surface area (Å²) < 4.78 is 11.0. The third kappa shape index (κ3) is 3.17. The topological polar surface area (TPSA) is 42.5 Å². The summed E-state index contributed by atoms with van der Waals surface area (Å²) in [5.74, 6) is 0.831. The normalized spacial score (nSPS) is 32.1. The highest BCUT2D eigenvalue weighted by molar-refractivity contribution is 4.87. The summed E-state index contributed by atoms with van der Waals surface area (Å²) in [6.07, 6.45) is 3.61. The molecule has 4 nitrogen and oxygen atoms in total. The van der Waals surface area contributed by atoms with E-state index in [0.29, 0.717) is 0 Å². The summed E-state index contributed by atoms with van der Waals surface area (Å²) in [4.78, 5) is 0. The Bertz CT molecular complexity index is 199. The standard InChI is InChI=1S/C12H24N2O2/c1-15-12(4-7-16-10-12)9-14-8-11-2-5-13-6-3-11/h11,13-14H,2-10H2,1H3. The number of hydrogen-bond acceptors (Lipinski definition) is 4. The molecule has 0 saturated carbocycles. The fraction of sp³-hybridized carbons (Fsp3) is 1.00. The van der Waals surface area contributed by atoms with Gasteiger partial charge in [0.05, 0.1) is 6.61 Å². The van der Waals surface area contributed by atoms with Crippen LogP contribution in [-0.2, 0) is 9.47 Å². The first kappa shape index (κ1) is 12.3. The van der Waals surface area contributed by atoms with Crippen molar-refractivity contribution in [3.63, 3.8) is 0 Å². The van der Waals surface area contributed by atoms with Crippen LogP contribution in [-0.4, -0.2) is 52.1 Å². The van der Waals surface area contributed by atoms with E-state index < -0.39 is 0 Å². The summed E-state index contributed by atoms with van der Waals surface area (Å²) >= 11 is 0. The molecule has 0 spiro atoms. The Morgan fingerprint density at radius 1 is 1.44 bits per heavy atom. The van der Waals surface area contributed by atoms with Crippen molar-refractivity contribution < 1.29 is 9.47 Å². The molecular formula is C12H24N2O2. The Morgan fingerprint density at radius 3 is 2.88 bits per heavy atom. The van der Waals surface area contributed by atoms with Crippen LogP contribution in [0.25, 0.3) is 0 Å². The molecule has 1 unspecified atom stereocenters. The number of piperidine rings is 1. The van der Waals surface area contributed by atoms with E-state index >= 15 is 0 Å². The average Bonchev–Trinajstić information content (AvgIpc) is 2.80. The van der Waals surface area contributed by atoms with Crippen LogP contribution in [0.4, 0.5) is 0 Å². The molecule has 1 atom stereocenters. The number of rotatable bonds is 5. The second-order valence-corrected chi connectivity index (χ2v) is 5.01. The molecule has 2 aliphatic heterocycles. The van der Waals surface area contributed by atoms with E-state index in [1.807, 2.05) is 0 Å². The van der Waals surface area contributed by atoms with Crippen LogP contribution >= 0.6 is 0 Å². The Balaban J connectivity index is 1.66. The maximum atomic E-state index is 5.59. The van der Waals surface area contributed by atoms with Crippen molar-refractivity contribution >= 4 is 0 Å². The predicted molar refractivity (Wildman–Crippen MR) is 63.6 cm³/mol. The molecule has 4 heteroatoms. The molecular weight excluding hydrogens is 204 g/mol. The molecule has 2 aliphatic rings. The van der Waals surface area contributed by atoms with Crippen molar-refractivity contribution in [2.24, 2.45) is 5.92 Å². The lowest BCUT2D eigenvalue weighted by atomic mass is 9.97. The summed E-state index contributed by atoms with van der Waals surface area (Å²) in [6.45, 7) is 5.96. The molecule has 0 aromatic rings. The van der Waals surface area contributed by atoms with Crippen molar-refractivity contribution in [3.8, 4) is 0 Å². The highest BCUT2D eigenvalue weighted by atomic mass is 16.5. The minimum Gasteiger partial charge on any atom is -0.378 e. The van der Waals surface area contributed by atoms with Gasteiger partial charge < -0.3 is 20.1 Å². The van der Waals surface area contributed by atoms with Gasteiger partial charge in [0.1, 0.15) is 5.60 Å². The molecule has 0 aromatic carbocycles. The number of hydrogen-bond donors (Lipinski definition) is 2. The maximum Gasteiger partial charge on any atom is 0.106 e. The van der Waals surface area contributed by atoms with Gasteiger partial charge in [-0.2, -0.15) is 0 Å². The molecule has 0 amide bonds. The maximum absolute atomic E-state index is 5.59. The van der Waals surface area contributed by atoms with Crippen LogP contribution in [0.3, 0.4) is 0 Å². The van der Waals surface area contributed by atoms with E-state index in [2.05, 4.69) is 10.6 Å². The van der Waals surface area contributed by atoms with E-state index in [1.54, 1.807) is 7.11 Å². The number of ether oxygens (including phenoxy) is 2. The summed E-state index contributed by atoms with van der Waals surface area (Å²) in [6, 6.07) is 0.